The van der Waals surface area contributed by atoms with E-state index < -0.39 is 10.0 Å². The highest BCUT2D eigenvalue weighted by atomic mass is 32.2. The normalized spacial score (nSPS) is 13.3. The second-order valence-electron chi connectivity index (χ2n) is 4.19. The number of rotatable bonds is 6. The van der Waals surface area contributed by atoms with Crippen molar-refractivity contribution in [1.82, 2.24) is 5.32 Å². The van der Waals surface area contributed by atoms with Crippen LogP contribution in [0.5, 0.6) is 5.75 Å². The molecule has 0 aromatic heterocycles. The van der Waals surface area contributed by atoms with Crippen LogP contribution in [-0.2, 0) is 16.4 Å². The Balaban J connectivity index is 3.04. The zero-order chi connectivity index (χ0) is 13.8. The Kier molecular flexibility index (Phi) is 5.13. The first-order chi connectivity index (χ1) is 8.38. The minimum atomic E-state index is -3.76. The predicted molar refractivity (Wildman–Crippen MR) is 71.2 cm³/mol. The van der Waals surface area contributed by atoms with Crippen LogP contribution < -0.4 is 15.2 Å². The van der Waals surface area contributed by atoms with Crippen molar-refractivity contribution in [2.45, 2.75) is 31.2 Å². The van der Waals surface area contributed by atoms with E-state index in [4.69, 9.17) is 9.88 Å². The summed E-state index contributed by atoms with van der Waals surface area (Å²) in [6, 6.07) is 5.33. The summed E-state index contributed by atoms with van der Waals surface area (Å²) in [6.45, 7) is 4.95. The van der Waals surface area contributed by atoms with Crippen LogP contribution in [0.3, 0.4) is 0 Å². The van der Waals surface area contributed by atoms with E-state index in [1.54, 1.807) is 12.1 Å². The average Bonchev–Trinajstić information content (AvgIpc) is 2.28. The first-order valence-corrected chi connectivity index (χ1v) is 7.36. The molecule has 0 radical (unpaired) electrons. The highest BCUT2D eigenvalue weighted by molar-refractivity contribution is 7.89. The Morgan fingerprint density at radius 1 is 1.44 bits per heavy atom. The molecule has 1 atom stereocenters. The molecule has 0 aliphatic rings. The predicted octanol–water partition coefficient (Wildman–Crippen LogP) is 0.883. The number of likely N-dealkylation sites (N-methyl/N-ethyl adjacent to an activating group) is 1. The number of sulfonamides is 1. The van der Waals surface area contributed by atoms with Gasteiger partial charge in [0.15, 0.2) is 0 Å². The van der Waals surface area contributed by atoms with Crippen LogP contribution in [0.15, 0.2) is 23.1 Å². The quantitative estimate of drug-likeness (QED) is 0.805. The van der Waals surface area contributed by atoms with Gasteiger partial charge in [0.2, 0.25) is 10.0 Å². The zero-order valence-electron chi connectivity index (χ0n) is 10.9. The molecule has 18 heavy (non-hydrogen) atoms. The van der Waals surface area contributed by atoms with Crippen molar-refractivity contribution in [3.63, 3.8) is 0 Å². The zero-order valence-corrected chi connectivity index (χ0v) is 11.8. The molecule has 1 aromatic carbocycles. The molecular weight excluding hydrogens is 252 g/mol. The van der Waals surface area contributed by atoms with Gasteiger partial charge in [-0.3, -0.25) is 0 Å². The lowest BCUT2D eigenvalue weighted by Crippen LogP contribution is -2.27. The molecular formula is C12H20N2O3S. The number of primary sulfonamides is 1. The van der Waals surface area contributed by atoms with Gasteiger partial charge in [-0.15, -0.1) is 0 Å². The molecule has 0 spiro atoms. The van der Waals surface area contributed by atoms with Gasteiger partial charge in [0, 0.05) is 6.04 Å². The molecule has 0 amide bonds. The molecule has 0 unspecified atom stereocenters. The Hall–Kier alpha value is -1.11. The standard InChI is InChI=1S/C12H20N2O3S/c1-4-14-9(2)7-10-5-6-11(17-3)12(8-10)18(13,15)16/h5-6,8-9,14H,4,7H2,1-3H3,(H2,13,15,16)/t9-/m0/s1. The molecule has 1 aromatic rings. The number of methoxy groups -OCH3 is 1. The van der Waals surface area contributed by atoms with Crippen molar-refractivity contribution in [3.8, 4) is 5.75 Å². The maximum absolute atomic E-state index is 11.5. The van der Waals surface area contributed by atoms with Crippen LogP contribution in [0.1, 0.15) is 19.4 Å². The maximum Gasteiger partial charge on any atom is 0.241 e. The van der Waals surface area contributed by atoms with E-state index in [1.165, 1.54) is 7.11 Å². The summed E-state index contributed by atoms with van der Waals surface area (Å²) in [5, 5.41) is 8.44. The first-order valence-electron chi connectivity index (χ1n) is 5.81. The lowest BCUT2D eigenvalue weighted by molar-refractivity contribution is 0.402. The fourth-order valence-corrected chi connectivity index (χ4v) is 2.59. The molecule has 0 saturated heterocycles. The van der Waals surface area contributed by atoms with Gasteiger partial charge in [0.25, 0.3) is 0 Å². The SMILES string of the molecule is CCN[C@@H](C)Cc1ccc(OC)c(S(N)(=O)=O)c1. The van der Waals surface area contributed by atoms with Crippen LogP contribution in [0, 0.1) is 0 Å². The van der Waals surface area contributed by atoms with Crippen LogP contribution in [0.4, 0.5) is 0 Å². The largest absolute Gasteiger partial charge is 0.495 e. The van der Waals surface area contributed by atoms with Crippen LogP contribution in [0.25, 0.3) is 0 Å². The summed E-state index contributed by atoms with van der Waals surface area (Å²) in [4.78, 5) is 0.0335. The van der Waals surface area contributed by atoms with Crippen LogP contribution in [-0.4, -0.2) is 28.1 Å². The molecule has 0 heterocycles. The van der Waals surface area contributed by atoms with E-state index >= 15 is 0 Å². The number of hydrogen-bond acceptors (Lipinski definition) is 4. The van der Waals surface area contributed by atoms with Crippen molar-refractivity contribution in [3.05, 3.63) is 23.8 Å². The minimum absolute atomic E-state index is 0.0335. The average molecular weight is 272 g/mol. The lowest BCUT2D eigenvalue weighted by Gasteiger charge is -2.14. The molecule has 0 bridgehead atoms. The maximum atomic E-state index is 11.5. The number of benzene rings is 1. The highest BCUT2D eigenvalue weighted by Crippen LogP contribution is 2.24. The summed E-state index contributed by atoms with van der Waals surface area (Å²) >= 11 is 0. The van der Waals surface area contributed by atoms with Gasteiger partial charge in [0.05, 0.1) is 7.11 Å². The smallest absolute Gasteiger partial charge is 0.241 e. The Morgan fingerprint density at radius 3 is 2.61 bits per heavy atom. The van der Waals surface area contributed by atoms with Crippen LogP contribution in [0.2, 0.25) is 0 Å². The fraction of sp³-hybridized carbons (Fsp3) is 0.500. The second kappa shape index (κ2) is 6.17. The lowest BCUT2D eigenvalue weighted by atomic mass is 10.1. The van der Waals surface area contributed by atoms with Gasteiger partial charge in [-0.1, -0.05) is 13.0 Å². The summed E-state index contributed by atoms with van der Waals surface area (Å²) in [7, 11) is -2.34. The molecule has 0 saturated carbocycles. The van der Waals surface area contributed by atoms with Gasteiger partial charge in [-0.05, 0) is 37.6 Å². The van der Waals surface area contributed by atoms with Gasteiger partial charge in [0.1, 0.15) is 10.6 Å². The third kappa shape index (κ3) is 3.97. The second-order valence-corrected chi connectivity index (χ2v) is 5.72. The topological polar surface area (TPSA) is 81.4 Å². The van der Waals surface area contributed by atoms with Crippen molar-refractivity contribution < 1.29 is 13.2 Å². The molecule has 0 aliphatic carbocycles. The minimum Gasteiger partial charge on any atom is -0.495 e. The Labute approximate surface area is 108 Å². The van der Waals surface area contributed by atoms with Crippen LogP contribution >= 0.6 is 0 Å². The Morgan fingerprint density at radius 2 is 2.11 bits per heavy atom. The summed E-state index contributed by atoms with van der Waals surface area (Å²) in [5.41, 5.74) is 0.910. The van der Waals surface area contributed by atoms with Crippen molar-refractivity contribution >= 4 is 10.0 Å². The summed E-state index contributed by atoms with van der Waals surface area (Å²) in [6.07, 6.45) is 0.736. The van der Waals surface area contributed by atoms with Gasteiger partial charge in [-0.2, -0.15) is 0 Å². The molecule has 3 N–H and O–H groups in total. The molecule has 0 aliphatic heterocycles. The number of hydrogen-bond donors (Lipinski definition) is 2. The van der Waals surface area contributed by atoms with E-state index in [1.807, 2.05) is 19.9 Å². The third-order valence-electron chi connectivity index (χ3n) is 2.63. The van der Waals surface area contributed by atoms with E-state index in [0.717, 1.165) is 18.5 Å². The fourth-order valence-electron chi connectivity index (χ4n) is 1.84. The Bertz CT molecular complexity index is 500. The van der Waals surface area contributed by atoms with Crippen molar-refractivity contribution in [2.24, 2.45) is 5.14 Å². The first kappa shape index (κ1) is 14.9. The monoisotopic (exact) mass is 272 g/mol. The van der Waals surface area contributed by atoms with Gasteiger partial charge < -0.3 is 10.1 Å². The van der Waals surface area contributed by atoms with Gasteiger partial charge >= 0.3 is 0 Å². The van der Waals surface area contributed by atoms with E-state index in [2.05, 4.69) is 5.32 Å². The van der Waals surface area contributed by atoms with E-state index in [0.29, 0.717) is 0 Å². The molecule has 5 nitrogen and oxygen atoms in total. The highest BCUT2D eigenvalue weighted by Gasteiger charge is 2.16. The summed E-state index contributed by atoms with van der Waals surface area (Å²) < 4.78 is 27.9. The van der Waals surface area contributed by atoms with E-state index in [9.17, 15) is 8.42 Å². The summed E-state index contributed by atoms with van der Waals surface area (Å²) in [5.74, 6) is 0.275. The molecule has 6 heteroatoms. The number of nitrogens with one attached hydrogen (secondary N) is 1. The number of nitrogens with two attached hydrogens (primary N) is 1. The molecule has 1 rings (SSSR count). The van der Waals surface area contributed by atoms with Crippen molar-refractivity contribution in [2.75, 3.05) is 13.7 Å². The third-order valence-corrected chi connectivity index (χ3v) is 3.56. The van der Waals surface area contributed by atoms with E-state index in [-0.39, 0.29) is 16.7 Å². The molecule has 102 valence electrons. The number of ether oxygens (including phenoxy) is 1. The van der Waals surface area contributed by atoms with Crippen molar-refractivity contribution in [1.29, 1.82) is 0 Å². The molecule has 0 fully saturated rings. The van der Waals surface area contributed by atoms with Gasteiger partial charge in [-0.25, -0.2) is 13.6 Å².